The lowest BCUT2D eigenvalue weighted by atomic mass is 10.0. The van der Waals surface area contributed by atoms with Crippen molar-refractivity contribution in [2.75, 3.05) is 26.8 Å². The number of ether oxygens (including phenoxy) is 3. The molecule has 2 unspecified atom stereocenters. The van der Waals surface area contributed by atoms with E-state index in [4.69, 9.17) is 14.2 Å². The lowest BCUT2D eigenvalue weighted by Gasteiger charge is -2.31. The topological polar surface area (TPSA) is 39.7 Å². The Balaban J connectivity index is 1.83. The lowest BCUT2D eigenvalue weighted by molar-refractivity contribution is -0.0432. The second-order valence-electron chi connectivity index (χ2n) is 5.24. The second kappa shape index (κ2) is 7.29. The van der Waals surface area contributed by atoms with Crippen LogP contribution >= 0.6 is 0 Å². The van der Waals surface area contributed by atoms with E-state index in [1.165, 1.54) is 0 Å². The van der Waals surface area contributed by atoms with E-state index in [9.17, 15) is 0 Å². The molecule has 0 bridgehead atoms. The van der Waals surface area contributed by atoms with Gasteiger partial charge in [-0.3, -0.25) is 0 Å². The number of hydrogen-bond acceptors (Lipinski definition) is 4. The quantitative estimate of drug-likeness (QED) is 0.921. The molecule has 116 valence electrons. The van der Waals surface area contributed by atoms with Crippen LogP contribution in [0.1, 0.15) is 11.7 Å². The van der Waals surface area contributed by atoms with Crippen LogP contribution in [0, 0.1) is 0 Å². The van der Waals surface area contributed by atoms with Crippen LogP contribution in [0.3, 0.4) is 0 Å². The van der Waals surface area contributed by atoms with Crippen LogP contribution in [0.25, 0.3) is 0 Å². The van der Waals surface area contributed by atoms with Gasteiger partial charge in [-0.15, -0.1) is 0 Å². The SMILES string of the molecule is COc1ccc(C(Oc2ccccc2)C2CNCCO2)cc1. The van der Waals surface area contributed by atoms with E-state index in [0.717, 1.165) is 30.2 Å². The van der Waals surface area contributed by atoms with E-state index < -0.39 is 0 Å². The molecule has 3 rings (SSSR count). The third-order valence-corrected chi connectivity index (χ3v) is 3.74. The van der Waals surface area contributed by atoms with Crippen LogP contribution in [-0.4, -0.2) is 32.9 Å². The molecule has 0 radical (unpaired) electrons. The van der Waals surface area contributed by atoms with Gasteiger partial charge < -0.3 is 19.5 Å². The standard InChI is InChI=1S/C18H21NO3/c1-20-15-9-7-14(8-10-15)18(17-13-19-11-12-21-17)22-16-5-3-2-4-6-16/h2-10,17-19H,11-13H2,1H3. The van der Waals surface area contributed by atoms with E-state index in [0.29, 0.717) is 6.61 Å². The lowest BCUT2D eigenvalue weighted by Crippen LogP contribution is -2.43. The van der Waals surface area contributed by atoms with Gasteiger partial charge in [0, 0.05) is 13.1 Å². The molecule has 2 aromatic rings. The maximum absolute atomic E-state index is 6.21. The smallest absolute Gasteiger partial charge is 0.151 e. The van der Waals surface area contributed by atoms with E-state index >= 15 is 0 Å². The third kappa shape index (κ3) is 3.59. The Bertz CT molecular complexity index is 565. The zero-order valence-corrected chi connectivity index (χ0v) is 12.7. The van der Waals surface area contributed by atoms with Crippen molar-refractivity contribution >= 4 is 0 Å². The molecular formula is C18H21NO3. The highest BCUT2D eigenvalue weighted by Crippen LogP contribution is 2.28. The summed E-state index contributed by atoms with van der Waals surface area (Å²) in [5, 5.41) is 3.36. The first-order chi connectivity index (χ1) is 10.9. The highest BCUT2D eigenvalue weighted by atomic mass is 16.5. The van der Waals surface area contributed by atoms with Gasteiger partial charge in [-0.05, 0) is 29.8 Å². The van der Waals surface area contributed by atoms with Crippen molar-refractivity contribution in [3.63, 3.8) is 0 Å². The van der Waals surface area contributed by atoms with E-state index in [1.54, 1.807) is 7.11 Å². The minimum atomic E-state index is -0.152. The third-order valence-electron chi connectivity index (χ3n) is 3.74. The summed E-state index contributed by atoms with van der Waals surface area (Å²) in [5.41, 5.74) is 1.08. The molecule has 1 aliphatic heterocycles. The molecule has 2 atom stereocenters. The van der Waals surface area contributed by atoms with Crippen LogP contribution < -0.4 is 14.8 Å². The minimum Gasteiger partial charge on any atom is -0.497 e. The molecule has 0 aromatic heterocycles. The Kier molecular flexibility index (Phi) is 4.93. The predicted octanol–water partition coefficient (Wildman–Crippen LogP) is 2.80. The molecule has 22 heavy (non-hydrogen) atoms. The summed E-state index contributed by atoms with van der Waals surface area (Å²) in [6.07, 6.45) is -0.163. The molecule has 4 heteroatoms. The van der Waals surface area contributed by atoms with Crippen LogP contribution in [0.15, 0.2) is 54.6 Å². The van der Waals surface area contributed by atoms with Gasteiger partial charge >= 0.3 is 0 Å². The molecule has 0 amide bonds. The number of methoxy groups -OCH3 is 1. The molecule has 2 aromatic carbocycles. The summed E-state index contributed by atoms with van der Waals surface area (Å²) in [4.78, 5) is 0. The summed E-state index contributed by atoms with van der Waals surface area (Å²) < 4.78 is 17.3. The molecule has 1 fully saturated rings. The van der Waals surface area contributed by atoms with Gasteiger partial charge in [0.25, 0.3) is 0 Å². The average Bonchev–Trinajstić information content (AvgIpc) is 2.61. The monoisotopic (exact) mass is 299 g/mol. The number of benzene rings is 2. The van der Waals surface area contributed by atoms with Crippen molar-refractivity contribution in [2.24, 2.45) is 0 Å². The van der Waals surface area contributed by atoms with Crippen molar-refractivity contribution in [1.82, 2.24) is 5.32 Å². The van der Waals surface area contributed by atoms with Crippen molar-refractivity contribution < 1.29 is 14.2 Å². The maximum atomic E-state index is 6.21. The summed E-state index contributed by atoms with van der Waals surface area (Å²) in [6.45, 7) is 2.37. The van der Waals surface area contributed by atoms with Crippen LogP contribution in [0.2, 0.25) is 0 Å². The first-order valence-electron chi connectivity index (χ1n) is 7.55. The van der Waals surface area contributed by atoms with Gasteiger partial charge in [0.1, 0.15) is 17.6 Å². The van der Waals surface area contributed by atoms with E-state index in [1.807, 2.05) is 54.6 Å². The fourth-order valence-electron chi connectivity index (χ4n) is 2.58. The number of para-hydroxylation sites is 1. The summed E-state index contributed by atoms with van der Waals surface area (Å²) in [5.74, 6) is 1.68. The first kappa shape index (κ1) is 14.9. The van der Waals surface area contributed by atoms with E-state index in [-0.39, 0.29) is 12.2 Å². The summed E-state index contributed by atoms with van der Waals surface area (Å²) in [7, 11) is 1.67. The average molecular weight is 299 g/mol. The fraction of sp³-hybridized carbons (Fsp3) is 0.333. The number of nitrogens with one attached hydrogen (secondary N) is 1. The largest absolute Gasteiger partial charge is 0.497 e. The predicted molar refractivity (Wildman–Crippen MR) is 85.4 cm³/mol. The highest BCUT2D eigenvalue weighted by Gasteiger charge is 2.27. The Morgan fingerprint density at radius 1 is 1.05 bits per heavy atom. The van der Waals surface area contributed by atoms with Gasteiger partial charge in [0.05, 0.1) is 13.7 Å². The van der Waals surface area contributed by atoms with Crippen LogP contribution in [-0.2, 0) is 4.74 Å². The Morgan fingerprint density at radius 3 is 2.45 bits per heavy atom. The Hall–Kier alpha value is -2.04. The Labute approximate surface area is 131 Å². The van der Waals surface area contributed by atoms with Gasteiger partial charge in [-0.1, -0.05) is 30.3 Å². The fourth-order valence-corrected chi connectivity index (χ4v) is 2.58. The number of hydrogen-bond donors (Lipinski definition) is 1. The molecule has 1 heterocycles. The second-order valence-corrected chi connectivity index (χ2v) is 5.24. The molecule has 0 spiro atoms. The van der Waals surface area contributed by atoms with Crippen molar-refractivity contribution in [1.29, 1.82) is 0 Å². The molecule has 1 N–H and O–H groups in total. The van der Waals surface area contributed by atoms with Gasteiger partial charge in [-0.2, -0.15) is 0 Å². The zero-order chi connectivity index (χ0) is 15.2. The van der Waals surface area contributed by atoms with Gasteiger partial charge in [0.2, 0.25) is 0 Å². The minimum absolute atomic E-state index is 0.0117. The number of rotatable bonds is 5. The highest BCUT2D eigenvalue weighted by molar-refractivity contribution is 5.31. The molecule has 1 aliphatic rings. The number of morpholine rings is 1. The van der Waals surface area contributed by atoms with Gasteiger partial charge in [-0.25, -0.2) is 0 Å². The maximum Gasteiger partial charge on any atom is 0.151 e. The van der Waals surface area contributed by atoms with Gasteiger partial charge in [0.15, 0.2) is 6.10 Å². The van der Waals surface area contributed by atoms with E-state index in [2.05, 4.69) is 5.32 Å². The Morgan fingerprint density at radius 2 is 1.82 bits per heavy atom. The normalized spacial score (nSPS) is 19.4. The molecule has 0 aliphatic carbocycles. The molecular weight excluding hydrogens is 278 g/mol. The zero-order valence-electron chi connectivity index (χ0n) is 12.7. The summed E-state index contributed by atoms with van der Waals surface area (Å²) >= 11 is 0. The summed E-state index contributed by atoms with van der Waals surface area (Å²) in [6, 6.07) is 17.8. The first-order valence-corrected chi connectivity index (χ1v) is 7.55. The van der Waals surface area contributed by atoms with Crippen LogP contribution in [0.4, 0.5) is 0 Å². The molecule has 0 saturated carbocycles. The van der Waals surface area contributed by atoms with Crippen LogP contribution in [0.5, 0.6) is 11.5 Å². The van der Waals surface area contributed by atoms with Crippen molar-refractivity contribution in [3.8, 4) is 11.5 Å². The van der Waals surface area contributed by atoms with Crippen molar-refractivity contribution in [2.45, 2.75) is 12.2 Å². The molecule has 4 nitrogen and oxygen atoms in total. The van der Waals surface area contributed by atoms with Crippen molar-refractivity contribution in [3.05, 3.63) is 60.2 Å². The molecule has 1 saturated heterocycles.